The zero-order chi connectivity index (χ0) is 22.9. The number of nitrogens with two attached hydrogens (primary N) is 1. The zero-order valence-corrected chi connectivity index (χ0v) is 18.4. The zero-order valence-electron chi connectivity index (χ0n) is 17.6. The molecule has 32 heavy (non-hydrogen) atoms. The number of hydrogen-bond donors (Lipinski definition) is 2. The Hall–Kier alpha value is -3.75. The highest BCUT2D eigenvalue weighted by atomic mass is 32.2. The summed E-state index contributed by atoms with van der Waals surface area (Å²) in [5, 5.41) is 12.7. The first-order chi connectivity index (χ1) is 15.2. The smallest absolute Gasteiger partial charge is 0.274 e. The first-order valence-corrected chi connectivity index (χ1v) is 11.4. The van der Waals surface area contributed by atoms with Crippen LogP contribution >= 0.6 is 0 Å². The number of carbonyl (C=O) groups excluding carboxylic acids is 1. The fourth-order valence-corrected chi connectivity index (χ4v) is 4.19. The number of amides is 1. The molecule has 4 rings (SSSR count). The van der Waals surface area contributed by atoms with Crippen LogP contribution in [0.5, 0.6) is 0 Å². The van der Waals surface area contributed by atoms with Crippen molar-refractivity contribution in [3.63, 3.8) is 0 Å². The Labute approximate surface area is 186 Å². The fourth-order valence-electron chi connectivity index (χ4n) is 3.43. The Kier molecular flexibility index (Phi) is 5.65. The van der Waals surface area contributed by atoms with Gasteiger partial charge in [-0.2, -0.15) is 5.10 Å². The van der Waals surface area contributed by atoms with Crippen LogP contribution in [-0.4, -0.2) is 24.1 Å². The maximum atomic E-state index is 12.9. The highest BCUT2D eigenvalue weighted by molar-refractivity contribution is 7.89. The van der Waals surface area contributed by atoms with Crippen molar-refractivity contribution >= 4 is 21.6 Å². The third-order valence-corrected chi connectivity index (χ3v) is 5.96. The summed E-state index contributed by atoms with van der Waals surface area (Å²) in [6, 6.07) is 22.9. The van der Waals surface area contributed by atoms with Gasteiger partial charge in [0.15, 0.2) is 0 Å². The average molecular weight is 447 g/mol. The van der Waals surface area contributed by atoms with Crippen LogP contribution in [0, 0.1) is 13.8 Å². The molecule has 0 aliphatic carbocycles. The molecule has 1 aromatic heterocycles. The van der Waals surface area contributed by atoms with Gasteiger partial charge in [-0.05, 0) is 55.8 Å². The van der Waals surface area contributed by atoms with Crippen LogP contribution in [0.15, 0.2) is 83.8 Å². The first-order valence-electron chi connectivity index (χ1n) is 9.90. The summed E-state index contributed by atoms with van der Waals surface area (Å²) in [4.78, 5) is 13.0. The number of aryl methyl sites for hydroxylation is 2. The van der Waals surface area contributed by atoms with Crippen molar-refractivity contribution in [3.05, 3.63) is 95.8 Å². The minimum atomic E-state index is -3.86. The Morgan fingerprint density at radius 1 is 0.938 bits per heavy atom. The number of benzene rings is 3. The third-order valence-electron chi connectivity index (χ3n) is 4.99. The molecule has 0 unspecified atom stereocenters. The van der Waals surface area contributed by atoms with Crippen LogP contribution in [0.1, 0.15) is 21.7 Å². The molecule has 0 radical (unpaired) electrons. The van der Waals surface area contributed by atoms with E-state index in [2.05, 4.69) is 10.4 Å². The lowest BCUT2D eigenvalue weighted by atomic mass is 10.1. The van der Waals surface area contributed by atoms with Gasteiger partial charge in [0, 0.05) is 11.3 Å². The summed E-state index contributed by atoms with van der Waals surface area (Å²) in [5.41, 5.74) is 4.75. The van der Waals surface area contributed by atoms with Crippen molar-refractivity contribution in [1.29, 1.82) is 0 Å². The number of sulfonamides is 1. The molecule has 7 nitrogen and oxygen atoms in total. The molecule has 1 heterocycles. The molecule has 3 aromatic carbocycles. The predicted molar refractivity (Wildman–Crippen MR) is 124 cm³/mol. The van der Waals surface area contributed by atoms with Crippen LogP contribution in [0.3, 0.4) is 0 Å². The fraction of sp³-hybridized carbons (Fsp3) is 0.0833. The molecule has 0 atom stereocenters. The molecule has 0 spiro atoms. The van der Waals surface area contributed by atoms with Crippen LogP contribution < -0.4 is 10.5 Å². The second kappa shape index (κ2) is 8.41. The monoisotopic (exact) mass is 446 g/mol. The number of primary sulfonamides is 1. The van der Waals surface area contributed by atoms with Gasteiger partial charge >= 0.3 is 0 Å². The molecule has 0 aliphatic heterocycles. The van der Waals surface area contributed by atoms with Crippen molar-refractivity contribution in [3.8, 4) is 16.8 Å². The molecule has 0 saturated heterocycles. The standard InChI is InChI=1S/C24H22N4O3S/c1-16-7-11-19(12-8-16)26-24(29)22-15-17(2)27-28(22)20-13-9-18(10-14-20)21-5-3-4-6-23(21)32(25,30)31/h3-15H,1-2H3,(H,26,29)(H2,25,30,31). The van der Waals surface area contributed by atoms with Crippen LogP contribution in [0.4, 0.5) is 5.69 Å². The molecule has 162 valence electrons. The molecule has 0 fully saturated rings. The van der Waals surface area contributed by atoms with Crippen molar-refractivity contribution in [1.82, 2.24) is 9.78 Å². The Morgan fingerprint density at radius 3 is 2.25 bits per heavy atom. The van der Waals surface area contributed by atoms with E-state index >= 15 is 0 Å². The van der Waals surface area contributed by atoms with Gasteiger partial charge in [0.25, 0.3) is 5.91 Å². The minimum Gasteiger partial charge on any atom is -0.321 e. The normalized spacial score (nSPS) is 11.3. The quantitative estimate of drug-likeness (QED) is 0.482. The second-order valence-corrected chi connectivity index (χ2v) is 9.02. The van der Waals surface area contributed by atoms with Crippen molar-refractivity contribution in [2.45, 2.75) is 18.7 Å². The van der Waals surface area contributed by atoms with E-state index < -0.39 is 10.0 Å². The lowest BCUT2D eigenvalue weighted by Gasteiger charge is -2.11. The largest absolute Gasteiger partial charge is 0.321 e. The van der Waals surface area contributed by atoms with Crippen molar-refractivity contribution in [2.24, 2.45) is 5.14 Å². The van der Waals surface area contributed by atoms with E-state index in [0.29, 0.717) is 33.9 Å². The number of nitrogens with one attached hydrogen (secondary N) is 1. The van der Waals surface area contributed by atoms with E-state index in [1.54, 1.807) is 53.2 Å². The summed E-state index contributed by atoms with van der Waals surface area (Å²) in [5.74, 6) is -0.280. The molecule has 1 amide bonds. The molecule has 8 heteroatoms. The molecule has 4 aromatic rings. The van der Waals surface area contributed by atoms with Gasteiger partial charge in [-0.25, -0.2) is 18.2 Å². The number of carbonyl (C=O) groups is 1. The van der Waals surface area contributed by atoms with E-state index in [1.165, 1.54) is 6.07 Å². The van der Waals surface area contributed by atoms with Gasteiger partial charge in [0.1, 0.15) is 5.69 Å². The number of rotatable bonds is 5. The maximum absolute atomic E-state index is 12.9. The Balaban J connectivity index is 1.66. The maximum Gasteiger partial charge on any atom is 0.274 e. The van der Waals surface area contributed by atoms with Gasteiger partial charge < -0.3 is 5.32 Å². The summed E-state index contributed by atoms with van der Waals surface area (Å²) >= 11 is 0. The van der Waals surface area contributed by atoms with Crippen LogP contribution in [-0.2, 0) is 10.0 Å². The summed E-state index contributed by atoms with van der Waals surface area (Å²) < 4.78 is 25.4. The molecule has 0 bridgehead atoms. The van der Waals surface area contributed by atoms with Gasteiger partial charge in [0.2, 0.25) is 10.0 Å². The highest BCUT2D eigenvalue weighted by Crippen LogP contribution is 2.27. The van der Waals surface area contributed by atoms with Crippen LogP contribution in [0.2, 0.25) is 0 Å². The lowest BCUT2D eigenvalue weighted by Crippen LogP contribution is -2.17. The Morgan fingerprint density at radius 2 is 1.59 bits per heavy atom. The summed E-state index contributed by atoms with van der Waals surface area (Å²) in [6.07, 6.45) is 0. The van der Waals surface area contributed by atoms with Gasteiger partial charge in [-0.15, -0.1) is 0 Å². The minimum absolute atomic E-state index is 0.0563. The van der Waals surface area contributed by atoms with E-state index in [9.17, 15) is 13.2 Å². The topological polar surface area (TPSA) is 107 Å². The molecular weight excluding hydrogens is 424 g/mol. The number of aromatic nitrogens is 2. The SMILES string of the molecule is Cc1ccc(NC(=O)c2cc(C)nn2-c2ccc(-c3ccccc3S(N)(=O)=O)cc2)cc1. The van der Waals surface area contributed by atoms with Crippen molar-refractivity contribution in [2.75, 3.05) is 5.32 Å². The highest BCUT2D eigenvalue weighted by Gasteiger charge is 2.17. The van der Waals surface area contributed by atoms with Gasteiger partial charge in [-0.1, -0.05) is 48.0 Å². The van der Waals surface area contributed by atoms with Gasteiger partial charge in [-0.3, -0.25) is 4.79 Å². The second-order valence-electron chi connectivity index (χ2n) is 7.49. The van der Waals surface area contributed by atoms with E-state index in [4.69, 9.17) is 5.14 Å². The van der Waals surface area contributed by atoms with Crippen LogP contribution in [0.25, 0.3) is 16.8 Å². The Bertz CT molecular complexity index is 1390. The predicted octanol–water partition coefficient (Wildman–Crippen LogP) is 4.06. The molecule has 3 N–H and O–H groups in total. The summed E-state index contributed by atoms with van der Waals surface area (Å²) in [6.45, 7) is 3.80. The number of hydrogen-bond acceptors (Lipinski definition) is 4. The number of nitrogens with zero attached hydrogens (tertiary/aromatic N) is 2. The van der Waals surface area contributed by atoms with E-state index in [1.807, 2.05) is 38.1 Å². The lowest BCUT2D eigenvalue weighted by molar-refractivity contribution is 0.101. The molecule has 0 saturated carbocycles. The first kappa shape index (κ1) is 21.5. The van der Waals surface area contributed by atoms with Gasteiger partial charge in [0.05, 0.1) is 16.3 Å². The van der Waals surface area contributed by atoms with E-state index in [-0.39, 0.29) is 10.8 Å². The summed E-state index contributed by atoms with van der Waals surface area (Å²) in [7, 11) is -3.86. The van der Waals surface area contributed by atoms with Crippen molar-refractivity contribution < 1.29 is 13.2 Å². The number of anilines is 1. The van der Waals surface area contributed by atoms with E-state index in [0.717, 1.165) is 5.56 Å². The molecular formula is C24H22N4O3S. The average Bonchev–Trinajstić information content (AvgIpc) is 3.17. The third kappa shape index (κ3) is 4.46. The molecule has 0 aliphatic rings.